The molecule has 0 unspecified atom stereocenters. The molecule has 0 saturated carbocycles. The Kier molecular flexibility index (Phi) is 4.46. The van der Waals surface area contributed by atoms with Crippen LogP contribution in [0.5, 0.6) is 0 Å². The third kappa shape index (κ3) is 2.94. The van der Waals surface area contributed by atoms with E-state index in [1.165, 1.54) is 7.05 Å². The van der Waals surface area contributed by atoms with E-state index in [2.05, 4.69) is 0 Å². The van der Waals surface area contributed by atoms with Crippen LogP contribution < -0.4 is 0 Å². The fourth-order valence-corrected chi connectivity index (χ4v) is 2.99. The molecule has 0 spiro atoms. The van der Waals surface area contributed by atoms with Crippen molar-refractivity contribution in [2.75, 3.05) is 7.05 Å². The van der Waals surface area contributed by atoms with Crippen molar-refractivity contribution >= 4 is 21.7 Å². The first-order chi connectivity index (χ1) is 9.09. The molecular formula is C11H14N2O6S. The van der Waals surface area contributed by atoms with Gasteiger partial charge < -0.3 is 5.11 Å². The molecule has 0 radical (unpaired) electrons. The molecule has 1 rings (SSSR count). The second kappa shape index (κ2) is 5.55. The fourth-order valence-electron chi connectivity index (χ4n) is 1.46. The molecule has 0 fully saturated rings. The average molecular weight is 302 g/mol. The predicted molar refractivity (Wildman–Crippen MR) is 70.1 cm³/mol. The van der Waals surface area contributed by atoms with Crippen LogP contribution in [0.4, 0.5) is 5.69 Å². The minimum Gasteiger partial charge on any atom is -0.478 e. The number of carbonyl (C=O) groups is 1. The molecule has 9 heteroatoms. The largest absolute Gasteiger partial charge is 0.478 e. The normalized spacial score (nSPS) is 11.8. The lowest BCUT2D eigenvalue weighted by atomic mass is 10.2. The van der Waals surface area contributed by atoms with Crippen LogP contribution in [-0.4, -0.2) is 41.8 Å². The van der Waals surface area contributed by atoms with Gasteiger partial charge in [-0.25, -0.2) is 13.2 Å². The summed E-state index contributed by atoms with van der Waals surface area (Å²) in [6.45, 7) is 3.26. The summed E-state index contributed by atoms with van der Waals surface area (Å²) in [5, 5.41) is 19.7. The van der Waals surface area contributed by atoms with E-state index >= 15 is 0 Å². The van der Waals surface area contributed by atoms with Gasteiger partial charge in [-0.05, 0) is 19.9 Å². The van der Waals surface area contributed by atoms with E-state index in [1.807, 2.05) is 0 Å². The highest BCUT2D eigenvalue weighted by atomic mass is 32.2. The number of aromatic carboxylic acids is 1. The molecule has 1 aromatic rings. The summed E-state index contributed by atoms with van der Waals surface area (Å²) < 4.78 is 25.5. The van der Waals surface area contributed by atoms with Crippen molar-refractivity contribution in [3.8, 4) is 0 Å². The van der Waals surface area contributed by atoms with Crippen molar-refractivity contribution in [3.63, 3.8) is 0 Å². The predicted octanol–water partition coefficient (Wildman–Crippen LogP) is 1.32. The molecule has 110 valence electrons. The van der Waals surface area contributed by atoms with Gasteiger partial charge in [-0.2, -0.15) is 4.31 Å². The number of hydrogen-bond donors (Lipinski definition) is 1. The Bertz CT molecular complexity index is 653. The number of nitro groups is 1. The summed E-state index contributed by atoms with van der Waals surface area (Å²) in [6, 6.07) is 2.27. The number of non-ortho nitro benzene ring substituents is 1. The smallest absolute Gasteiger partial charge is 0.337 e. The molecule has 0 saturated heterocycles. The van der Waals surface area contributed by atoms with Crippen molar-refractivity contribution in [2.45, 2.75) is 24.8 Å². The maximum absolute atomic E-state index is 12.3. The lowest BCUT2D eigenvalue weighted by Crippen LogP contribution is -2.34. The Morgan fingerprint density at radius 2 is 1.95 bits per heavy atom. The van der Waals surface area contributed by atoms with Gasteiger partial charge in [0.25, 0.3) is 5.69 Å². The maximum atomic E-state index is 12.3. The van der Waals surface area contributed by atoms with Gasteiger partial charge in [0.2, 0.25) is 10.0 Å². The van der Waals surface area contributed by atoms with Crippen LogP contribution in [0.2, 0.25) is 0 Å². The number of sulfonamides is 1. The molecule has 0 amide bonds. The molecule has 1 N–H and O–H groups in total. The van der Waals surface area contributed by atoms with E-state index in [1.54, 1.807) is 13.8 Å². The van der Waals surface area contributed by atoms with Crippen LogP contribution in [0, 0.1) is 10.1 Å². The first-order valence-corrected chi connectivity index (χ1v) is 7.02. The highest BCUT2D eigenvalue weighted by molar-refractivity contribution is 7.89. The Labute approximate surface area is 115 Å². The second-order valence-electron chi connectivity index (χ2n) is 4.36. The van der Waals surface area contributed by atoms with Gasteiger partial charge in [0.05, 0.1) is 15.4 Å². The van der Waals surface area contributed by atoms with Gasteiger partial charge in [0, 0.05) is 25.2 Å². The molecule has 0 bridgehead atoms. The maximum Gasteiger partial charge on any atom is 0.337 e. The number of hydrogen-bond acceptors (Lipinski definition) is 5. The molecule has 0 atom stereocenters. The van der Waals surface area contributed by atoms with Crippen LogP contribution >= 0.6 is 0 Å². The highest BCUT2D eigenvalue weighted by Gasteiger charge is 2.29. The summed E-state index contributed by atoms with van der Waals surface area (Å²) in [6.07, 6.45) is 0. The summed E-state index contributed by atoms with van der Waals surface area (Å²) in [5.41, 5.74) is -1.10. The zero-order valence-corrected chi connectivity index (χ0v) is 11.9. The molecule has 8 nitrogen and oxygen atoms in total. The Morgan fingerprint density at radius 1 is 1.40 bits per heavy atom. The van der Waals surface area contributed by atoms with Crippen molar-refractivity contribution in [1.82, 2.24) is 4.31 Å². The Balaban J connectivity index is 3.53. The van der Waals surface area contributed by atoms with Crippen LogP contribution in [0.1, 0.15) is 24.2 Å². The monoisotopic (exact) mass is 302 g/mol. The first-order valence-electron chi connectivity index (χ1n) is 5.58. The van der Waals surface area contributed by atoms with E-state index < -0.39 is 37.1 Å². The van der Waals surface area contributed by atoms with Crippen LogP contribution in [-0.2, 0) is 10.0 Å². The standard InChI is InChI=1S/C11H14N2O6S/c1-7(2)12(3)20(18,19)10-5-4-8(13(16)17)6-9(10)11(14)15/h4-7H,1-3H3,(H,14,15). The average Bonchev–Trinajstić information content (AvgIpc) is 2.36. The minimum atomic E-state index is -4.03. The van der Waals surface area contributed by atoms with Crippen LogP contribution in [0.25, 0.3) is 0 Å². The molecule has 0 aliphatic rings. The summed E-state index contributed by atoms with van der Waals surface area (Å²) in [7, 11) is -2.71. The lowest BCUT2D eigenvalue weighted by Gasteiger charge is -2.21. The number of nitrogens with zero attached hydrogens (tertiary/aromatic N) is 2. The minimum absolute atomic E-state index is 0.378. The molecule has 0 heterocycles. The third-order valence-corrected chi connectivity index (χ3v) is 4.88. The van der Waals surface area contributed by atoms with Crippen molar-refractivity contribution in [2.24, 2.45) is 0 Å². The summed E-state index contributed by atoms with van der Waals surface area (Å²) >= 11 is 0. The van der Waals surface area contributed by atoms with Crippen molar-refractivity contribution in [3.05, 3.63) is 33.9 Å². The van der Waals surface area contributed by atoms with Gasteiger partial charge >= 0.3 is 5.97 Å². The van der Waals surface area contributed by atoms with Gasteiger partial charge in [0.15, 0.2) is 0 Å². The highest BCUT2D eigenvalue weighted by Crippen LogP contribution is 2.25. The summed E-state index contributed by atoms with van der Waals surface area (Å²) in [4.78, 5) is 20.5. The summed E-state index contributed by atoms with van der Waals surface area (Å²) in [5.74, 6) is -1.54. The van der Waals surface area contributed by atoms with Gasteiger partial charge in [-0.15, -0.1) is 0 Å². The van der Waals surface area contributed by atoms with E-state index in [0.717, 1.165) is 22.5 Å². The number of nitro benzene ring substituents is 1. The van der Waals surface area contributed by atoms with Crippen LogP contribution in [0.3, 0.4) is 0 Å². The Hall–Kier alpha value is -2.00. The number of carboxylic acids is 1. The quantitative estimate of drug-likeness (QED) is 0.647. The van der Waals surface area contributed by atoms with Crippen LogP contribution in [0.15, 0.2) is 23.1 Å². The number of rotatable bonds is 5. The first kappa shape index (κ1) is 16.1. The zero-order chi connectivity index (χ0) is 15.7. The number of benzene rings is 1. The molecule has 0 aliphatic carbocycles. The van der Waals surface area contributed by atoms with E-state index in [4.69, 9.17) is 5.11 Å². The van der Waals surface area contributed by atoms with Gasteiger partial charge in [-0.1, -0.05) is 0 Å². The molecular weight excluding hydrogens is 288 g/mol. The van der Waals surface area contributed by atoms with Gasteiger partial charge in [-0.3, -0.25) is 10.1 Å². The topological polar surface area (TPSA) is 118 Å². The second-order valence-corrected chi connectivity index (χ2v) is 6.32. The van der Waals surface area contributed by atoms with Gasteiger partial charge in [0.1, 0.15) is 0 Å². The molecule has 0 aromatic heterocycles. The number of carboxylic acid groups (broad SMARTS) is 1. The lowest BCUT2D eigenvalue weighted by molar-refractivity contribution is -0.384. The fraction of sp³-hybridized carbons (Fsp3) is 0.364. The third-order valence-electron chi connectivity index (χ3n) is 2.79. The molecule has 0 aliphatic heterocycles. The molecule has 1 aromatic carbocycles. The van der Waals surface area contributed by atoms with E-state index in [-0.39, 0.29) is 6.04 Å². The van der Waals surface area contributed by atoms with Crippen molar-refractivity contribution < 1.29 is 23.2 Å². The van der Waals surface area contributed by atoms with E-state index in [9.17, 15) is 23.3 Å². The van der Waals surface area contributed by atoms with Crippen molar-refractivity contribution in [1.29, 1.82) is 0 Å². The Morgan fingerprint density at radius 3 is 2.35 bits per heavy atom. The van der Waals surface area contributed by atoms with E-state index in [0.29, 0.717) is 0 Å². The SMILES string of the molecule is CC(C)N(C)S(=O)(=O)c1ccc([N+](=O)[O-])cc1C(=O)O. The zero-order valence-electron chi connectivity index (χ0n) is 11.1. The molecule has 20 heavy (non-hydrogen) atoms.